The number of fused-ring (bicyclic) bond motifs is 1. The van der Waals surface area contributed by atoms with Crippen molar-refractivity contribution in [2.75, 3.05) is 26.0 Å². The van der Waals surface area contributed by atoms with E-state index in [9.17, 15) is 9.59 Å². The lowest BCUT2D eigenvalue weighted by molar-refractivity contribution is 0.102. The third-order valence-corrected chi connectivity index (χ3v) is 4.50. The number of benzene rings is 2. The molecule has 3 aromatic rings. The van der Waals surface area contributed by atoms with Crippen molar-refractivity contribution < 1.29 is 4.79 Å². The Hall–Kier alpha value is -2.63. The molecule has 26 heavy (non-hydrogen) atoms. The number of carbonyl (C=O) groups excluding carboxylic acids is 1. The summed E-state index contributed by atoms with van der Waals surface area (Å²) in [5, 5.41) is 4.52. The third kappa shape index (κ3) is 3.79. The van der Waals surface area contributed by atoms with Gasteiger partial charge in [0.1, 0.15) is 0 Å². The fraction of sp³-hybridized carbons (Fsp3) is 0.200. The highest BCUT2D eigenvalue weighted by Gasteiger charge is 2.13. The van der Waals surface area contributed by atoms with Gasteiger partial charge in [0.15, 0.2) is 0 Å². The van der Waals surface area contributed by atoms with E-state index in [1.54, 1.807) is 53.2 Å². The summed E-state index contributed by atoms with van der Waals surface area (Å²) in [5.41, 5.74) is 0.910. The first kappa shape index (κ1) is 18.2. The predicted octanol–water partition coefficient (Wildman–Crippen LogP) is 3.47. The molecule has 0 radical (unpaired) electrons. The summed E-state index contributed by atoms with van der Waals surface area (Å²) in [4.78, 5) is 27.3. The van der Waals surface area contributed by atoms with Gasteiger partial charge in [-0.3, -0.25) is 9.59 Å². The Labute approximate surface area is 156 Å². The molecule has 0 saturated carbocycles. The van der Waals surface area contributed by atoms with Crippen LogP contribution in [-0.4, -0.2) is 36.0 Å². The summed E-state index contributed by atoms with van der Waals surface area (Å²) in [6.07, 6.45) is 1.76. The Morgan fingerprint density at radius 1 is 1.08 bits per heavy atom. The second-order valence-corrected chi connectivity index (χ2v) is 6.73. The molecule has 2 aromatic carbocycles. The van der Waals surface area contributed by atoms with Crippen molar-refractivity contribution in [1.82, 2.24) is 9.47 Å². The van der Waals surface area contributed by atoms with Gasteiger partial charge in [-0.05, 0) is 44.4 Å². The topological polar surface area (TPSA) is 54.3 Å². The Balaban J connectivity index is 1.95. The van der Waals surface area contributed by atoms with E-state index in [1.165, 1.54) is 0 Å². The van der Waals surface area contributed by atoms with Crippen LogP contribution in [0.2, 0.25) is 5.02 Å². The minimum absolute atomic E-state index is 0.0711. The van der Waals surface area contributed by atoms with Gasteiger partial charge < -0.3 is 14.8 Å². The number of nitrogens with zero attached hydrogens (tertiary/aromatic N) is 2. The van der Waals surface area contributed by atoms with E-state index in [-0.39, 0.29) is 11.5 Å². The van der Waals surface area contributed by atoms with E-state index < -0.39 is 0 Å². The van der Waals surface area contributed by atoms with Gasteiger partial charge in [-0.2, -0.15) is 0 Å². The van der Waals surface area contributed by atoms with E-state index in [0.29, 0.717) is 33.6 Å². The zero-order chi connectivity index (χ0) is 18.7. The van der Waals surface area contributed by atoms with Crippen LogP contribution >= 0.6 is 11.6 Å². The summed E-state index contributed by atoms with van der Waals surface area (Å²) in [6.45, 7) is 1.38. The average Bonchev–Trinajstić information content (AvgIpc) is 2.62. The smallest absolute Gasteiger partial charge is 0.258 e. The number of carbonyl (C=O) groups is 1. The molecule has 1 N–H and O–H groups in total. The molecule has 0 aliphatic carbocycles. The van der Waals surface area contributed by atoms with Crippen molar-refractivity contribution in [3.63, 3.8) is 0 Å². The molecule has 0 fully saturated rings. The Bertz CT molecular complexity index is 1010. The van der Waals surface area contributed by atoms with Crippen molar-refractivity contribution >= 4 is 34.0 Å². The SMILES string of the molecule is CN(C)CCn1ccc2c(NC(=O)c3ccccc3Cl)cccc2c1=O. The van der Waals surface area contributed by atoms with Crippen LogP contribution in [0.1, 0.15) is 10.4 Å². The monoisotopic (exact) mass is 369 g/mol. The molecule has 0 aliphatic rings. The van der Waals surface area contributed by atoms with E-state index in [4.69, 9.17) is 11.6 Å². The second kappa shape index (κ2) is 7.72. The second-order valence-electron chi connectivity index (χ2n) is 6.32. The molecule has 0 spiro atoms. The molecule has 0 aliphatic heterocycles. The molecule has 0 unspecified atom stereocenters. The van der Waals surface area contributed by atoms with Crippen molar-refractivity contribution in [2.45, 2.75) is 6.54 Å². The molecule has 5 nitrogen and oxygen atoms in total. The summed E-state index contributed by atoms with van der Waals surface area (Å²) >= 11 is 6.09. The van der Waals surface area contributed by atoms with E-state index in [1.807, 2.05) is 25.1 Å². The highest BCUT2D eigenvalue weighted by Crippen LogP contribution is 2.23. The fourth-order valence-corrected chi connectivity index (χ4v) is 2.97. The summed E-state index contributed by atoms with van der Waals surface area (Å²) in [7, 11) is 3.93. The molecule has 0 saturated heterocycles. The number of nitrogens with one attached hydrogen (secondary N) is 1. The number of aromatic nitrogens is 1. The predicted molar refractivity (Wildman–Crippen MR) is 106 cm³/mol. The number of anilines is 1. The number of rotatable bonds is 5. The zero-order valence-electron chi connectivity index (χ0n) is 14.7. The molecular weight excluding hydrogens is 350 g/mol. The summed E-state index contributed by atoms with van der Waals surface area (Å²) in [5.74, 6) is -0.306. The van der Waals surface area contributed by atoms with Crippen LogP contribution in [0, 0.1) is 0 Å². The van der Waals surface area contributed by atoms with Gasteiger partial charge in [0.2, 0.25) is 0 Å². The number of hydrogen-bond donors (Lipinski definition) is 1. The van der Waals surface area contributed by atoms with Crippen molar-refractivity contribution in [2.24, 2.45) is 0 Å². The van der Waals surface area contributed by atoms with Gasteiger partial charge in [0, 0.05) is 35.7 Å². The van der Waals surface area contributed by atoms with Crippen LogP contribution in [0.25, 0.3) is 10.8 Å². The van der Waals surface area contributed by atoms with Crippen LogP contribution in [0.3, 0.4) is 0 Å². The van der Waals surface area contributed by atoms with Gasteiger partial charge in [0.25, 0.3) is 11.5 Å². The fourth-order valence-electron chi connectivity index (χ4n) is 2.75. The maximum absolute atomic E-state index is 12.7. The quantitative estimate of drug-likeness (QED) is 0.749. The summed E-state index contributed by atoms with van der Waals surface area (Å²) in [6, 6.07) is 14.0. The third-order valence-electron chi connectivity index (χ3n) is 4.17. The molecule has 6 heteroatoms. The molecule has 1 aromatic heterocycles. The molecule has 0 atom stereocenters. The first-order chi connectivity index (χ1) is 12.5. The van der Waals surface area contributed by atoms with Gasteiger partial charge >= 0.3 is 0 Å². The Morgan fingerprint density at radius 3 is 2.58 bits per heavy atom. The van der Waals surface area contributed by atoms with Crippen LogP contribution in [0.15, 0.2) is 59.5 Å². The number of pyridine rings is 1. The van der Waals surface area contributed by atoms with Crippen molar-refractivity contribution in [1.29, 1.82) is 0 Å². The standard InChI is InChI=1S/C20H20ClN3O2/c1-23(2)12-13-24-11-10-14-15(20(24)26)7-5-9-18(14)22-19(25)16-6-3-4-8-17(16)21/h3-11H,12-13H2,1-2H3,(H,22,25). The van der Waals surface area contributed by atoms with Gasteiger partial charge in [-0.15, -0.1) is 0 Å². The van der Waals surface area contributed by atoms with Gasteiger partial charge in [-0.25, -0.2) is 0 Å². The molecule has 1 amide bonds. The molecule has 134 valence electrons. The average molecular weight is 370 g/mol. The number of amides is 1. The molecule has 3 rings (SSSR count). The van der Waals surface area contributed by atoms with Crippen LogP contribution in [0.4, 0.5) is 5.69 Å². The van der Waals surface area contributed by atoms with Crippen LogP contribution in [-0.2, 0) is 6.54 Å². The van der Waals surface area contributed by atoms with Crippen LogP contribution in [0.5, 0.6) is 0 Å². The lowest BCUT2D eigenvalue weighted by atomic mass is 10.1. The molecular formula is C20H20ClN3O2. The van der Waals surface area contributed by atoms with E-state index in [0.717, 1.165) is 6.54 Å². The maximum atomic E-state index is 12.7. The normalized spacial score (nSPS) is 11.1. The Morgan fingerprint density at radius 2 is 1.85 bits per heavy atom. The van der Waals surface area contributed by atoms with E-state index in [2.05, 4.69) is 5.32 Å². The first-order valence-electron chi connectivity index (χ1n) is 8.30. The van der Waals surface area contributed by atoms with Gasteiger partial charge in [-0.1, -0.05) is 29.8 Å². The highest BCUT2D eigenvalue weighted by atomic mass is 35.5. The Kier molecular flexibility index (Phi) is 5.40. The highest BCUT2D eigenvalue weighted by molar-refractivity contribution is 6.34. The van der Waals surface area contributed by atoms with Crippen LogP contribution < -0.4 is 10.9 Å². The maximum Gasteiger partial charge on any atom is 0.258 e. The molecule has 0 bridgehead atoms. The van der Waals surface area contributed by atoms with E-state index >= 15 is 0 Å². The molecule has 1 heterocycles. The minimum Gasteiger partial charge on any atom is -0.321 e. The number of likely N-dealkylation sites (N-methyl/N-ethyl adjacent to an activating group) is 1. The van der Waals surface area contributed by atoms with Crippen molar-refractivity contribution in [3.8, 4) is 0 Å². The number of halogens is 1. The number of hydrogen-bond acceptors (Lipinski definition) is 3. The summed E-state index contributed by atoms with van der Waals surface area (Å²) < 4.78 is 1.68. The zero-order valence-corrected chi connectivity index (χ0v) is 15.5. The first-order valence-corrected chi connectivity index (χ1v) is 8.68. The largest absolute Gasteiger partial charge is 0.321 e. The lowest BCUT2D eigenvalue weighted by Crippen LogP contribution is -2.26. The lowest BCUT2D eigenvalue weighted by Gasteiger charge is -2.13. The van der Waals surface area contributed by atoms with Crippen molar-refractivity contribution in [3.05, 3.63) is 75.7 Å². The minimum atomic E-state index is -0.306. The van der Waals surface area contributed by atoms with Gasteiger partial charge in [0.05, 0.1) is 10.6 Å².